The van der Waals surface area contributed by atoms with Crippen molar-refractivity contribution >= 4 is 53.4 Å². The van der Waals surface area contributed by atoms with Gasteiger partial charge in [-0.25, -0.2) is 15.0 Å². The van der Waals surface area contributed by atoms with Crippen LogP contribution in [-0.2, 0) is 0 Å². The maximum atomic E-state index is 6.81. The summed E-state index contributed by atoms with van der Waals surface area (Å²) in [5, 5.41) is 4.68. The number of hydrogen-bond acceptors (Lipinski definition) is 5. The van der Waals surface area contributed by atoms with E-state index in [-0.39, 0.29) is 0 Å². The summed E-state index contributed by atoms with van der Waals surface area (Å²) in [7, 11) is 0. The Labute approximate surface area is 327 Å². The van der Waals surface area contributed by atoms with Crippen molar-refractivity contribution < 1.29 is 4.42 Å². The summed E-state index contributed by atoms with van der Waals surface area (Å²) < 4.78 is 9.35. The summed E-state index contributed by atoms with van der Waals surface area (Å²) in [6.07, 6.45) is 0. The van der Waals surface area contributed by atoms with Gasteiger partial charge in [-0.15, -0.1) is 11.3 Å². The molecule has 11 aromatic rings. The van der Waals surface area contributed by atoms with Crippen molar-refractivity contribution in [3.63, 3.8) is 0 Å². The minimum absolute atomic E-state index is 0.583. The Kier molecular flexibility index (Phi) is 7.64. The van der Waals surface area contributed by atoms with E-state index in [4.69, 9.17) is 19.4 Å². The highest BCUT2D eigenvalue weighted by molar-refractivity contribution is 7.26. The third kappa shape index (κ3) is 5.56. The zero-order chi connectivity index (χ0) is 37.0. The second-order valence-electron chi connectivity index (χ2n) is 14.0. The normalized spacial score (nSPS) is 11.6. The van der Waals surface area contributed by atoms with Crippen LogP contribution in [0.25, 0.3) is 110 Å². The molecule has 8 aromatic carbocycles. The molecule has 262 valence electrons. The number of fused-ring (bicyclic) bond motifs is 6. The Morgan fingerprint density at radius 3 is 1.62 bits per heavy atom. The van der Waals surface area contributed by atoms with Gasteiger partial charge >= 0.3 is 0 Å². The molecule has 11 rings (SSSR count). The first kappa shape index (κ1) is 32.2. The molecule has 0 aliphatic heterocycles. The Morgan fingerprint density at radius 2 is 0.857 bits per heavy atom. The predicted molar refractivity (Wildman–Crippen MR) is 233 cm³/mol. The number of thiophene rings is 1. The van der Waals surface area contributed by atoms with Gasteiger partial charge in [0.2, 0.25) is 0 Å². The van der Waals surface area contributed by atoms with Gasteiger partial charge in [-0.2, -0.15) is 0 Å². The molecule has 0 radical (unpaired) electrons. The molecule has 56 heavy (non-hydrogen) atoms. The monoisotopic (exact) mass is 733 g/mol. The van der Waals surface area contributed by atoms with Gasteiger partial charge in [0.1, 0.15) is 11.2 Å². The van der Waals surface area contributed by atoms with Gasteiger partial charge in [0.15, 0.2) is 17.5 Å². The van der Waals surface area contributed by atoms with Crippen molar-refractivity contribution in [2.24, 2.45) is 0 Å². The lowest BCUT2D eigenvalue weighted by Gasteiger charge is -2.10. The van der Waals surface area contributed by atoms with E-state index in [1.165, 1.54) is 25.7 Å². The number of hydrogen-bond donors (Lipinski definition) is 0. The molecule has 0 atom stereocenters. The van der Waals surface area contributed by atoms with Crippen LogP contribution >= 0.6 is 11.3 Å². The van der Waals surface area contributed by atoms with E-state index in [0.29, 0.717) is 17.5 Å². The fourth-order valence-corrected chi connectivity index (χ4v) is 9.01. The quantitative estimate of drug-likeness (QED) is 0.171. The summed E-state index contributed by atoms with van der Waals surface area (Å²) in [6.45, 7) is 0. The van der Waals surface area contributed by atoms with E-state index < -0.39 is 0 Å². The van der Waals surface area contributed by atoms with Crippen LogP contribution in [-0.4, -0.2) is 15.0 Å². The molecule has 0 saturated heterocycles. The molecule has 0 aliphatic carbocycles. The van der Waals surface area contributed by atoms with Crippen LogP contribution < -0.4 is 0 Å². The van der Waals surface area contributed by atoms with E-state index in [1.807, 2.05) is 23.5 Å². The Bertz CT molecular complexity index is 3240. The first-order chi connectivity index (χ1) is 27.7. The molecule has 0 fully saturated rings. The minimum Gasteiger partial charge on any atom is -0.455 e. The fourth-order valence-electron chi connectivity index (χ4n) is 7.78. The van der Waals surface area contributed by atoms with E-state index in [2.05, 4.69) is 176 Å². The van der Waals surface area contributed by atoms with Crippen molar-refractivity contribution in [3.05, 3.63) is 188 Å². The third-order valence-electron chi connectivity index (χ3n) is 10.6. The molecular formula is C51H31N3OS. The van der Waals surface area contributed by atoms with Gasteiger partial charge in [-0.3, -0.25) is 0 Å². The summed E-state index contributed by atoms with van der Waals surface area (Å²) in [5.41, 5.74) is 11.1. The largest absolute Gasteiger partial charge is 0.455 e. The van der Waals surface area contributed by atoms with Gasteiger partial charge in [-0.05, 0) is 46.5 Å². The summed E-state index contributed by atoms with van der Waals surface area (Å²) in [4.78, 5) is 15.3. The lowest BCUT2D eigenvalue weighted by Crippen LogP contribution is -2.00. The lowest BCUT2D eigenvalue weighted by molar-refractivity contribution is 0.670. The molecule has 0 unspecified atom stereocenters. The highest BCUT2D eigenvalue weighted by atomic mass is 32.1. The van der Waals surface area contributed by atoms with E-state index in [1.54, 1.807) is 0 Å². The molecule has 0 bridgehead atoms. The molecule has 3 heterocycles. The molecule has 0 amide bonds. The Hall–Kier alpha value is -7.21. The average molecular weight is 734 g/mol. The number of benzene rings is 8. The topological polar surface area (TPSA) is 51.8 Å². The van der Waals surface area contributed by atoms with Crippen molar-refractivity contribution in [2.75, 3.05) is 0 Å². The molecule has 4 nitrogen and oxygen atoms in total. The fraction of sp³-hybridized carbons (Fsp3) is 0. The van der Waals surface area contributed by atoms with Gasteiger partial charge in [0.05, 0.1) is 0 Å². The van der Waals surface area contributed by atoms with Crippen molar-refractivity contribution in [2.45, 2.75) is 0 Å². The van der Waals surface area contributed by atoms with Gasteiger partial charge in [0, 0.05) is 58.8 Å². The SMILES string of the molecule is c1ccc(-c2ccc(-c3nc(-c4cccc(-c5ccccc5)c4)nc(-c4ccc5c(c4)oc4c(-c6cccc7c6sc6ccccc67)cccc45)n3)cc2)cc1. The summed E-state index contributed by atoms with van der Waals surface area (Å²) in [6, 6.07) is 65.6. The second-order valence-corrected chi connectivity index (χ2v) is 15.0. The van der Waals surface area contributed by atoms with Crippen LogP contribution in [0.5, 0.6) is 0 Å². The van der Waals surface area contributed by atoms with Gasteiger partial charge < -0.3 is 4.42 Å². The van der Waals surface area contributed by atoms with Crippen molar-refractivity contribution in [1.82, 2.24) is 15.0 Å². The average Bonchev–Trinajstić information content (AvgIpc) is 3.85. The van der Waals surface area contributed by atoms with Gasteiger partial charge in [-0.1, -0.05) is 164 Å². The van der Waals surface area contributed by atoms with Crippen LogP contribution in [0, 0.1) is 0 Å². The number of para-hydroxylation sites is 1. The number of rotatable bonds is 6. The number of furan rings is 1. The lowest BCUT2D eigenvalue weighted by atomic mass is 10.00. The Balaban J connectivity index is 1.05. The molecule has 0 aliphatic rings. The molecule has 3 aromatic heterocycles. The van der Waals surface area contributed by atoms with Gasteiger partial charge in [0.25, 0.3) is 0 Å². The minimum atomic E-state index is 0.583. The Morgan fingerprint density at radius 1 is 0.339 bits per heavy atom. The van der Waals surface area contributed by atoms with Crippen LogP contribution in [0.15, 0.2) is 192 Å². The zero-order valence-corrected chi connectivity index (χ0v) is 30.9. The maximum Gasteiger partial charge on any atom is 0.164 e. The van der Waals surface area contributed by atoms with E-state index in [9.17, 15) is 0 Å². The van der Waals surface area contributed by atoms with E-state index >= 15 is 0 Å². The van der Waals surface area contributed by atoms with Crippen molar-refractivity contribution in [3.8, 4) is 67.5 Å². The first-order valence-corrected chi connectivity index (χ1v) is 19.5. The molecule has 0 N–H and O–H groups in total. The van der Waals surface area contributed by atoms with Crippen molar-refractivity contribution in [1.29, 1.82) is 0 Å². The zero-order valence-electron chi connectivity index (χ0n) is 30.1. The third-order valence-corrected chi connectivity index (χ3v) is 11.8. The highest BCUT2D eigenvalue weighted by Crippen LogP contribution is 2.44. The van der Waals surface area contributed by atoms with Crippen LogP contribution in [0.3, 0.4) is 0 Å². The second kappa shape index (κ2) is 13.3. The first-order valence-electron chi connectivity index (χ1n) is 18.7. The number of aromatic nitrogens is 3. The predicted octanol–water partition coefficient (Wildman–Crippen LogP) is 14.1. The molecule has 0 spiro atoms. The maximum absolute atomic E-state index is 6.81. The molecule has 5 heteroatoms. The van der Waals surface area contributed by atoms with E-state index in [0.717, 1.165) is 66.4 Å². The standard InChI is InChI=1S/C51H31N3OS/c1-3-12-32(13-4-1)34-24-26-35(27-25-34)49-52-50(37-17-9-16-36(30-37)33-14-5-2-6-15-33)54-51(53-49)38-28-29-39-41-19-10-20-42(47(41)55-45(39)31-38)44-22-11-21-43-40-18-7-8-23-46(40)56-48(43)44/h1-31H. The van der Waals surface area contributed by atoms with Crippen LogP contribution in [0.1, 0.15) is 0 Å². The molecular weight excluding hydrogens is 703 g/mol. The summed E-state index contributed by atoms with van der Waals surface area (Å²) in [5.74, 6) is 1.80. The summed E-state index contributed by atoms with van der Waals surface area (Å²) >= 11 is 1.83. The van der Waals surface area contributed by atoms with Crippen LogP contribution in [0.2, 0.25) is 0 Å². The smallest absolute Gasteiger partial charge is 0.164 e. The number of nitrogens with zero attached hydrogens (tertiary/aromatic N) is 3. The molecule has 0 saturated carbocycles. The highest BCUT2D eigenvalue weighted by Gasteiger charge is 2.19. The van der Waals surface area contributed by atoms with Crippen LogP contribution in [0.4, 0.5) is 0 Å².